The highest BCUT2D eigenvalue weighted by atomic mass is 32.2. The molecular formula is C18H14FN3O3S3. The van der Waals surface area contributed by atoms with Crippen LogP contribution in [0.5, 0.6) is 0 Å². The molecule has 6 nitrogen and oxygen atoms in total. The molecule has 2 aromatic heterocycles. The quantitative estimate of drug-likeness (QED) is 0.667. The Hall–Kier alpha value is -2.32. The lowest BCUT2D eigenvalue weighted by atomic mass is 10.3. The summed E-state index contributed by atoms with van der Waals surface area (Å²) in [6.07, 6.45) is 0.368. The van der Waals surface area contributed by atoms with Crippen molar-refractivity contribution in [3.8, 4) is 6.07 Å². The van der Waals surface area contributed by atoms with E-state index in [-0.39, 0.29) is 10.1 Å². The second-order valence-corrected chi connectivity index (χ2v) is 10.3. The number of carbonyl (C=O) groups excluding carboxylic acids is 1. The van der Waals surface area contributed by atoms with Gasteiger partial charge in [-0.3, -0.25) is 4.79 Å². The van der Waals surface area contributed by atoms with Crippen molar-refractivity contribution in [1.82, 2.24) is 9.62 Å². The Morgan fingerprint density at radius 1 is 1.32 bits per heavy atom. The number of hydrogen-bond acceptors (Lipinski definition) is 6. The number of rotatable bonds is 5. The summed E-state index contributed by atoms with van der Waals surface area (Å²) in [6, 6.07) is 8.53. The van der Waals surface area contributed by atoms with Crippen LogP contribution in [-0.4, -0.2) is 31.8 Å². The third-order valence-corrected chi connectivity index (χ3v) is 8.38. The third kappa shape index (κ3) is 3.66. The van der Waals surface area contributed by atoms with Gasteiger partial charge in [0.05, 0.1) is 0 Å². The van der Waals surface area contributed by atoms with Crippen LogP contribution in [0.2, 0.25) is 0 Å². The molecule has 1 amide bonds. The van der Waals surface area contributed by atoms with E-state index < -0.39 is 21.9 Å². The number of thiophene rings is 2. The Bertz CT molecular complexity index is 1210. The molecule has 1 aromatic carbocycles. The lowest BCUT2D eigenvalue weighted by molar-refractivity contribution is -0.129. The van der Waals surface area contributed by atoms with Crippen molar-refractivity contribution in [2.75, 3.05) is 6.54 Å². The minimum atomic E-state index is -3.89. The molecule has 1 saturated heterocycles. The number of fused-ring (bicyclic) bond motifs is 1. The maximum atomic E-state index is 13.3. The molecule has 144 valence electrons. The molecule has 0 unspecified atom stereocenters. The lowest BCUT2D eigenvalue weighted by Gasteiger charge is -2.16. The number of amides is 1. The fraction of sp³-hybridized carbons (Fsp3) is 0.222. The molecule has 3 aromatic rings. The first-order chi connectivity index (χ1) is 13.4. The number of halogens is 1. The van der Waals surface area contributed by atoms with E-state index in [1.807, 2.05) is 5.38 Å². The molecule has 1 N–H and O–H groups in total. The highest BCUT2D eigenvalue weighted by molar-refractivity contribution is 7.91. The Labute approximate surface area is 168 Å². The summed E-state index contributed by atoms with van der Waals surface area (Å²) in [4.78, 5) is 14.8. The number of nitriles is 1. The molecule has 28 heavy (non-hydrogen) atoms. The first-order valence-corrected chi connectivity index (χ1v) is 11.5. The number of hydrogen-bond donors (Lipinski definition) is 1. The number of likely N-dealkylation sites (tertiary alicyclic amines) is 1. The van der Waals surface area contributed by atoms with Gasteiger partial charge in [-0.25, -0.2) is 12.8 Å². The SMILES string of the molecule is N#Cc1cc(CN2CC[C@H](NS(=O)(=O)c3cc4ccc(F)cc4s3)C2=O)cs1. The standard InChI is InChI=1S/C18H14FN3O3S3/c19-13-2-1-12-6-17(27-16(12)7-13)28(24,25)21-15-3-4-22(18(15)23)9-11-5-14(8-20)26-10-11/h1-2,5-7,10,15,21H,3-4,9H2/t15-/m0/s1. The van der Waals surface area contributed by atoms with Crippen LogP contribution in [0, 0.1) is 17.1 Å². The fourth-order valence-corrected chi connectivity index (χ4v) is 6.46. The highest BCUT2D eigenvalue weighted by Gasteiger charge is 2.35. The predicted molar refractivity (Wildman–Crippen MR) is 105 cm³/mol. The Morgan fingerprint density at radius 2 is 2.14 bits per heavy atom. The normalized spacial score (nSPS) is 17.4. The number of nitrogens with zero attached hydrogens (tertiary/aromatic N) is 2. The van der Waals surface area contributed by atoms with Crippen LogP contribution in [-0.2, 0) is 21.4 Å². The van der Waals surface area contributed by atoms with Crippen molar-refractivity contribution >= 4 is 48.7 Å². The van der Waals surface area contributed by atoms with Gasteiger partial charge < -0.3 is 4.90 Å². The van der Waals surface area contributed by atoms with Crippen LogP contribution >= 0.6 is 22.7 Å². The average molecular weight is 436 g/mol. The predicted octanol–water partition coefficient (Wildman–Crippen LogP) is 3.05. The van der Waals surface area contributed by atoms with E-state index in [1.165, 1.54) is 35.6 Å². The van der Waals surface area contributed by atoms with Gasteiger partial charge in [0.1, 0.15) is 27.0 Å². The lowest BCUT2D eigenvalue weighted by Crippen LogP contribution is -2.41. The summed E-state index contributed by atoms with van der Waals surface area (Å²) >= 11 is 2.28. The van der Waals surface area contributed by atoms with Crippen molar-refractivity contribution in [2.45, 2.75) is 23.2 Å². The van der Waals surface area contributed by atoms with Crippen LogP contribution in [0.25, 0.3) is 10.1 Å². The van der Waals surface area contributed by atoms with Crippen molar-refractivity contribution < 1.29 is 17.6 Å². The molecular weight excluding hydrogens is 421 g/mol. The molecule has 1 fully saturated rings. The van der Waals surface area contributed by atoms with Gasteiger partial charge in [0.15, 0.2) is 0 Å². The van der Waals surface area contributed by atoms with E-state index in [0.717, 1.165) is 16.9 Å². The van der Waals surface area contributed by atoms with Gasteiger partial charge in [0.25, 0.3) is 10.0 Å². The van der Waals surface area contributed by atoms with Crippen LogP contribution in [0.15, 0.2) is 39.9 Å². The zero-order valence-electron chi connectivity index (χ0n) is 14.4. The number of sulfonamides is 1. The third-order valence-electron chi connectivity index (χ3n) is 4.46. The molecule has 0 spiro atoms. The zero-order chi connectivity index (χ0) is 19.9. The summed E-state index contributed by atoms with van der Waals surface area (Å²) in [5.41, 5.74) is 0.852. The average Bonchev–Trinajstić information content (AvgIpc) is 3.36. The van der Waals surface area contributed by atoms with Crippen LogP contribution in [0.4, 0.5) is 4.39 Å². The van der Waals surface area contributed by atoms with Crippen molar-refractivity contribution in [3.05, 3.63) is 52.0 Å². The van der Waals surface area contributed by atoms with Crippen LogP contribution in [0.3, 0.4) is 0 Å². The molecule has 1 aliphatic rings. The Kier molecular flexibility index (Phi) is 4.93. The highest BCUT2D eigenvalue weighted by Crippen LogP contribution is 2.30. The first-order valence-electron chi connectivity index (χ1n) is 8.33. The van der Waals surface area contributed by atoms with Gasteiger partial charge in [-0.15, -0.1) is 22.7 Å². The number of benzene rings is 1. The van der Waals surface area contributed by atoms with Crippen molar-refractivity contribution in [2.24, 2.45) is 0 Å². The topological polar surface area (TPSA) is 90.3 Å². The van der Waals surface area contributed by atoms with Gasteiger partial charge in [0.2, 0.25) is 5.91 Å². The monoisotopic (exact) mass is 435 g/mol. The molecule has 1 aliphatic heterocycles. The summed E-state index contributed by atoms with van der Waals surface area (Å²) in [7, 11) is -3.89. The Morgan fingerprint density at radius 3 is 2.89 bits per heavy atom. The summed E-state index contributed by atoms with van der Waals surface area (Å²) in [5, 5.41) is 11.3. The molecule has 10 heteroatoms. The minimum Gasteiger partial charge on any atom is -0.337 e. The smallest absolute Gasteiger partial charge is 0.250 e. The number of nitrogens with one attached hydrogen (secondary N) is 1. The second kappa shape index (κ2) is 7.25. The molecule has 0 saturated carbocycles. The van der Waals surface area contributed by atoms with Gasteiger partial charge in [-0.05, 0) is 47.0 Å². The van der Waals surface area contributed by atoms with Gasteiger partial charge in [0, 0.05) is 17.8 Å². The van der Waals surface area contributed by atoms with Crippen LogP contribution in [0.1, 0.15) is 16.9 Å². The van der Waals surface area contributed by atoms with E-state index in [2.05, 4.69) is 10.8 Å². The first kappa shape index (κ1) is 19.0. The summed E-state index contributed by atoms with van der Waals surface area (Å²) in [5.74, 6) is -0.721. The van der Waals surface area contributed by atoms with E-state index >= 15 is 0 Å². The fourth-order valence-electron chi connectivity index (χ4n) is 3.10. The summed E-state index contributed by atoms with van der Waals surface area (Å²) < 4.78 is 41.8. The molecule has 0 aliphatic carbocycles. The van der Waals surface area contributed by atoms with Gasteiger partial charge in [-0.1, -0.05) is 6.07 Å². The maximum absolute atomic E-state index is 13.3. The molecule has 0 bridgehead atoms. The van der Waals surface area contributed by atoms with Crippen molar-refractivity contribution in [1.29, 1.82) is 5.26 Å². The Balaban J connectivity index is 1.48. The van der Waals surface area contributed by atoms with E-state index in [0.29, 0.717) is 34.5 Å². The van der Waals surface area contributed by atoms with Gasteiger partial charge >= 0.3 is 0 Å². The molecule has 0 radical (unpaired) electrons. The van der Waals surface area contributed by atoms with Crippen molar-refractivity contribution in [3.63, 3.8) is 0 Å². The number of carbonyl (C=O) groups is 1. The zero-order valence-corrected chi connectivity index (χ0v) is 16.8. The maximum Gasteiger partial charge on any atom is 0.250 e. The molecule has 3 heterocycles. The largest absolute Gasteiger partial charge is 0.337 e. The van der Waals surface area contributed by atoms with E-state index in [9.17, 15) is 17.6 Å². The molecule has 4 rings (SSSR count). The molecule has 1 atom stereocenters. The van der Waals surface area contributed by atoms with E-state index in [1.54, 1.807) is 11.0 Å². The van der Waals surface area contributed by atoms with E-state index in [4.69, 9.17) is 5.26 Å². The second-order valence-electron chi connectivity index (χ2n) is 6.40. The minimum absolute atomic E-state index is 0.0517. The van der Waals surface area contributed by atoms with Gasteiger partial charge in [-0.2, -0.15) is 9.98 Å². The summed E-state index contributed by atoms with van der Waals surface area (Å²) in [6.45, 7) is 0.777. The van der Waals surface area contributed by atoms with Crippen LogP contribution < -0.4 is 4.72 Å².